The molecule has 1 aromatic heterocycles. The van der Waals surface area contributed by atoms with Crippen LogP contribution in [0.15, 0.2) is 53.1 Å². The molecule has 0 radical (unpaired) electrons. The van der Waals surface area contributed by atoms with Crippen molar-refractivity contribution in [3.05, 3.63) is 76.7 Å². The Morgan fingerprint density at radius 2 is 1.83 bits per heavy atom. The first-order valence-corrected chi connectivity index (χ1v) is 10.2. The molecule has 158 valence electrons. The summed E-state index contributed by atoms with van der Waals surface area (Å²) in [7, 11) is 0. The van der Waals surface area contributed by atoms with Gasteiger partial charge in [-0.25, -0.2) is 0 Å². The number of carbonyl (C=O) groups excluding carboxylic acids is 1. The van der Waals surface area contributed by atoms with Crippen molar-refractivity contribution in [3.8, 4) is 5.75 Å². The van der Waals surface area contributed by atoms with Crippen molar-refractivity contribution in [2.24, 2.45) is 0 Å². The number of likely N-dealkylation sites (N-methyl/N-ethyl adjacent to an activating group) is 1. The van der Waals surface area contributed by atoms with Gasteiger partial charge in [0.15, 0.2) is 0 Å². The molecule has 1 amide bonds. The van der Waals surface area contributed by atoms with Gasteiger partial charge in [-0.3, -0.25) is 4.79 Å². The molecule has 0 aliphatic rings. The summed E-state index contributed by atoms with van der Waals surface area (Å²) in [5.41, 5.74) is 4.64. The van der Waals surface area contributed by atoms with Crippen LogP contribution in [0.5, 0.6) is 5.75 Å². The molecule has 0 aliphatic carbocycles. The molecule has 6 heteroatoms. The van der Waals surface area contributed by atoms with Crippen LogP contribution in [0.25, 0.3) is 0 Å². The van der Waals surface area contributed by atoms with Gasteiger partial charge in [0.05, 0.1) is 16.8 Å². The van der Waals surface area contributed by atoms with Gasteiger partial charge >= 0.3 is 0 Å². The quantitative estimate of drug-likeness (QED) is 0.568. The lowest BCUT2D eigenvalue weighted by molar-refractivity contribution is 0.0950. The summed E-state index contributed by atoms with van der Waals surface area (Å²) in [5, 5.41) is 6.96. The number of aryl methyl sites for hydroxylation is 3. The summed E-state index contributed by atoms with van der Waals surface area (Å²) >= 11 is 0. The second-order valence-electron chi connectivity index (χ2n) is 7.21. The highest BCUT2D eigenvalue weighted by atomic mass is 16.5. The first-order chi connectivity index (χ1) is 14.5. The van der Waals surface area contributed by atoms with Gasteiger partial charge in [-0.05, 0) is 51.5 Å². The molecule has 30 heavy (non-hydrogen) atoms. The van der Waals surface area contributed by atoms with Gasteiger partial charge in [0.1, 0.15) is 18.1 Å². The van der Waals surface area contributed by atoms with Gasteiger partial charge in [-0.15, -0.1) is 0 Å². The Balaban J connectivity index is 1.61. The second kappa shape index (κ2) is 9.96. The van der Waals surface area contributed by atoms with E-state index in [4.69, 9.17) is 9.26 Å². The standard InChI is InChI=1S/C24H29N3O3/c1-5-27(22-12-8-6-10-17(22)2)15-14-25-24(28)20-11-7-9-13-23(20)29-16-21-18(3)26-30-19(21)4/h6-13H,5,14-16H2,1-4H3,(H,25,28). The molecule has 0 saturated heterocycles. The van der Waals surface area contributed by atoms with Gasteiger partial charge in [-0.2, -0.15) is 0 Å². The minimum atomic E-state index is -0.148. The van der Waals surface area contributed by atoms with E-state index < -0.39 is 0 Å². The molecule has 1 heterocycles. The van der Waals surface area contributed by atoms with Crippen LogP contribution in [0.1, 0.15) is 39.9 Å². The van der Waals surface area contributed by atoms with Gasteiger partial charge < -0.3 is 19.5 Å². The van der Waals surface area contributed by atoms with E-state index in [9.17, 15) is 4.79 Å². The van der Waals surface area contributed by atoms with Gasteiger partial charge in [0.2, 0.25) is 0 Å². The molecule has 0 unspecified atom stereocenters. The van der Waals surface area contributed by atoms with E-state index in [-0.39, 0.29) is 5.91 Å². The normalized spacial score (nSPS) is 10.7. The zero-order valence-electron chi connectivity index (χ0n) is 18.1. The zero-order chi connectivity index (χ0) is 21.5. The van der Waals surface area contributed by atoms with E-state index in [1.165, 1.54) is 11.3 Å². The van der Waals surface area contributed by atoms with Crippen molar-refractivity contribution in [3.63, 3.8) is 0 Å². The maximum atomic E-state index is 12.8. The molecule has 3 aromatic rings. The molecule has 3 rings (SSSR count). The van der Waals surface area contributed by atoms with E-state index >= 15 is 0 Å². The maximum Gasteiger partial charge on any atom is 0.255 e. The summed E-state index contributed by atoms with van der Waals surface area (Å²) in [6.07, 6.45) is 0. The number of hydrogen-bond acceptors (Lipinski definition) is 5. The number of aromatic nitrogens is 1. The Bertz CT molecular complexity index is 977. The molecule has 0 fully saturated rings. The third-order valence-corrected chi connectivity index (χ3v) is 5.19. The summed E-state index contributed by atoms with van der Waals surface area (Å²) in [6, 6.07) is 15.6. The van der Waals surface area contributed by atoms with Gasteiger partial charge in [0, 0.05) is 25.3 Å². The predicted molar refractivity (Wildman–Crippen MR) is 118 cm³/mol. The Hall–Kier alpha value is -3.28. The predicted octanol–water partition coefficient (Wildman–Crippen LogP) is 4.44. The molecular formula is C24H29N3O3. The minimum Gasteiger partial charge on any atom is -0.488 e. The largest absolute Gasteiger partial charge is 0.488 e. The molecule has 0 spiro atoms. The highest BCUT2D eigenvalue weighted by Gasteiger charge is 2.15. The number of anilines is 1. The lowest BCUT2D eigenvalue weighted by atomic mass is 10.1. The fourth-order valence-corrected chi connectivity index (χ4v) is 3.40. The Morgan fingerprint density at radius 3 is 2.53 bits per heavy atom. The highest BCUT2D eigenvalue weighted by Crippen LogP contribution is 2.22. The SMILES string of the molecule is CCN(CCNC(=O)c1ccccc1OCc1c(C)noc1C)c1ccccc1C. The Kier molecular flexibility index (Phi) is 7.12. The van der Waals surface area contributed by atoms with E-state index in [2.05, 4.69) is 41.4 Å². The molecule has 0 bridgehead atoms. The van der Waals surface area contributed by atoms with Crippen molar-refractivity contribution in [1.82, 2.24) is 10.5 Å². The molecule has 2 aromatic carbocycles. The highest BCUT2D eigenvalue weighted by molar-refractivity contribution is 5.96. The smallest absolute Gasteiger partial charge is 0.255 e. The van der Waals surface area contributed by atoms with Crippen molar-refractivity contribution in [2.45, 2.75) is 34.3 Å². The third-order valence-electron chi connectivity index (χ3n) is 5.19. The summed E-state index contributed by atoms with van der Waals surface area (Å²) in [4.78, 5) is 15.1. The Labute approximate surface area is 177 Å². The van der Waals surface area contributed by atoms with Gasteiger partial charge in [-0.1, -0.05) is 35.5 Å². The van der Waals surface area contributed by atoms with Crippen LogP contribution in [-0.2, 0) is 6.61 Å². The number of carbonyl (C=O) groups is 1. The fourth-order valence-electron chi connectivity index (χ4n) is 3.40. The van der Waals surface area contributed by atoms with Gasteiger partial charge in [0.25, 0.3) is 5.91 Å². The lowest BCUT2D eigenvalue weighted by Crippen LogP contribution is -2.35. The molecule has 0 atom stereocenters. The van der Waals surface area contributed by atoms with E-state index in [1.807, 2.05) is 38.1 Å². The van der Waals surface area contributed by atoms with Crippen molar-refractivity contribution < 1.29 is 14.1 Å². The molecular weight excluding hydrogens is 378 g/mol. The lowest BCUT2D eigenvalue weighted by Gasteiger charge is -2.25. The van der Waals surface area contributed by atoms with E-state index in [1.54, 1.807) is 12.1 Å². The average Bonchev–Trinajstić information content (AvgIpc) is 3.08. The molecule has 0 saturated carbocycles. The number of para-hydroxylation sites is 2. The monoisotopic (exact) mass is 407 g/mol. The summed E-state index contributed by atoms with van der Waals surface area (Å²) in [6.45, 7) is 10.4. The number of ether oxygens (including phenoxy) is 1. The van der Waals surface area contributed by atoms with Crippen LogP contribution in [0.2, 0.25) is 0 Å². The number of benzene rings is 2. The van der Waals surface area contributed by atoms with E-state index in [0.29, 0.717) is 24.5 Å². The van der Waals surface area contributed by atoms with E-state index in [0.717, 1.165) is 30.1 Å². The number of amides is 1. The van der Waals surface area contributed by atoms with Crippen LogP contribution in [0.4, 0.5) is 5.69 Å². The van der Waals surface area contributed by atoms with Crippen LogP contribution >= 0.6 is 0 Å². The molecule has 1 N–H and O–H groups in total. The minimum absolute atomic E-state index is 0.148. The van der Waals surface area contributed by atoms with Crippen molar-refractivity contribution >= 4 is 11.6 Å². The first-order valence-electron chi connectivity index (χ1n) is 10.2. The van der Waals surface area contributed by atoms with Crippen LogP contribution in [0, 0.1) is 20.8 Å². The average molecular weight is 408 g/mol. The number of nitrogens with zero attached hydrogens (tertiary/aromatic N) is 2. The molecule has 0 aliphatic heterocycles. The first kappa shape index (κ1) is 21.4. The Morgan fingerprint density at radius 1 is 1.10 bits per heavy atom. The zero-order valence-corrected chi connectivity index (χ0v) is 18.1. The molecule has 6 nitrogen and oxygen atoms in total. The second-order valence-corrected chi connectivity index (χ2v) is 7.21. The van der Waals surface area contributed by atoms with Crippen LogP contribution < -0.4 is 15.0 Å². The van der Waals surface area contributed by atoms with Crippen molar-refractivity contribution in [1.29, 1.82) is 0 Å². The number of hydrogen-bond donors (Lipinski definition) is 1. The van der Waals surface area contributed by atoms with Crippen LogP contribution in [0.3, 0.4) is 0 Å². The summed E-state index contributed by atoms with van der Waals surface area (Å²) < 4.78 is 11.1. The number of nitrogens with one attached hydrogen (secondary N) is 1. The maximum absolute atomic E-state index is 12.8. The number of rotatable bonds is 9. The van der Waals surface area contributed by atoms with Crippen LogP contribution in [-0.4, -0.2) is 30.7 Å². The van der Waals surface area contributed by atoms with Crippen molar-refractivity contribution in [2.75, 3.05) is 24.5 Å². The topological polar surface area (TPSA) is 67.6 Å². The summed E-state index contributed by atoms with van der Waals surface area (Å²) in [5.74, 6) is 1.12. The fraction of sp³-hybridized carbons (Fsp3) is 0.333. The third kappa shape index (κ3) is 5.00.